The molecular weight excluding hydrogens is 300 g/mol. The molecule has 1 aliphatic carbocycles. The van der Waals surface area contributed by atoms with Gasteiger partial charge in [0, 0.05) is 48.3 Å². The smallest absolute Gasteiger partial charge is 0.225 e. The number of carbonyl (C=O) groups excluding carboxylic acids is 1. The fraction of sp³-hybridized carbons (Fsp3) is 0.412. The summed E-state index contributed by atoms with van der Waals surface area (Å²) in [5.74, 6) is -0.675. The first kappa shape index (κ1) is 14.4. The van der Waals surface area contributed by atoms with Crippen LogP contribution >= 0.6 is 0 Å². The Morgan fingerprint density at radius 1 is 1.30 bits per heavy atom. The molecule has 2 aromatic rings. The highest BCUT2D eigenvalue weighted by Crippen LogP contribution is 2.32. The lowest BCUT2D eigenvalue weighted by molar-refractivity contribution is -0.133. The quantitative estimate of drug-likeness (QED) is 0.872. The van der Waals surface area contributed by atoms with Crippen molar-refractivity contribution < 1.29 is 13.6 Å². The van der Waals surface area contributed by atoms with Crippen molar-refractivity contribution in [1.82, 2.24) is 14.7 Å². The van der Waals surface area contributed by atoms with Gasteiger partial charge >= 0.3 is 0 Å². The fourth-order valence-corrected chi connectivity index (χ4v) is 3.12. The van der Waals surface area contributed by atoms with Gasteiger partial charge in [0.25, 0.3) is 0 Å². The average Bonchev–Trinajstić information content (AvgIpc) is 3.31. The Bertz CT molecular complexity index is 767. The largest absolute Gasteiger partial charge is 0.338 e. The van der Waals surface area contributed by atoms with Crippen LogP contribution in [-0.4, -0.2) is 27.1 Å². The van der Waals surface area contributed by atoms with Gasteiger partial charge in [-0.2, -0.15) is 5.10 Å². The summed E-state index contributed by atoms with van der Waals surface area (Å²) in [6.45, 7) is 1.54. The summed E-state index contributed by atoms with van der Waals surface area (Å²) >= 11 is 0. The molecule has 4 nitrogen and oxygen atoms in total. The lowest BCUT2D eigenvalue weighted by atomic mass is 10.1. The molecule has 2 aliphatic rings. The number of halogens is 2. The first-order chi connectivity index (χ1) is 11.1. The van der Waals surface area contributed by atoms with Gasteiger partial charge in [-0.05, 0) is 18.9 Å². The van der Waals surface area contributed by atoms with E-state index in [4.69, 9.17) is 0 Å². The molecule has 23 heavy (non-hydrogen) atoms. The van der Waals surface area contributed by atoms with Gasteiger partial charge in [-0.25, -0.2) is 8.78 Å². The highest BCUT2D eigenvalue weighted by Gasteiger charge is 2.35. The molecule has 4 rings (SSSR count). The maximum Gasteiger partial charge on any atom is 0.225 e. The fourth-order valence-electron chi connectivity index (χ4n) is 3.12. The van der Waals surface area contributed by atoms with Crippen LogP contribution in [0.1, 0.15) is 29.7 Å². The van der Waals surface area contributed by atoms with Gasteiger partial charge in [-0.3, -0.25) is 9.48 Å². The molecule has 2 heterocycles. The molecule has 1 aromatic heterocycles. The number of aromatic nitrogens is 2. The monoisotopic (exact) mass is 317 g/mol. The summed E-state index contributed by atoms with van der Waals surface area (Å²) in [5, 5.41) is 4.33. The first-order valence-corrected chi connectivity index (χ1v) is 7.88. The molecule has 6 heteroatoms. The van der Waals surface area contributed by atoms with Crippen LogP contribution in [0, 0.1) is 17.6 Å². The van der Waals surface area contributed by atoms with Crippen molar-refractivity contribution in [2.45, 2.75) is 32.4 Å². The second-order valence-corrected chi connectivity index (χ2v) is 6.29. The minimum Gasteiger partial charge on any atom is -0.338 e. The Hall–Kier alpha value is -2.24. The van der Waals surface area contributed by atoms with Gasteiger partial charge in [-0.1, -0.05) is 6.07 Å². The Morgan fingerprint density at radius 2 is 2.13 bits per heavy atom. The summed E-state index contributed by atoms with van der Waals surface area (Å²) in [5.41, 5.74) is 2.47. The number of fused-ring (bicyclic) bond motifs is 1. The van der Waals surface area contributed by atoms with Crippen LogP contribution in [0.3, 0.4) is 0 Å². The van der Waals surface area contributed by atoms with Gasteiger partial charge in [-0.15, -0.1) is 0 Å². The van der Waals surface area contributed by atoms with E-state index < -0.39 is 11.6 Å². The number of amides is 1. The SMILES string of the molecule is O=C(C1CC1)N1CCc2c(cnn2Cc2ccc(F)cc2F)C1. The van der Waals surface area contributed by atoms with Crippen molar-refractivity contribution in [3.8, 4) is 0 Å². The van der Waals surface area contributed by atoms with E-state index in [0.717, 1.165) is 36.6 Å². The van der Waals surface area contributed by atoms with E-state index in [1.807, 2.05) is 4.90 Å². The zero-order valence-corrected chi connectivity index (χ0v) is 12.6. The van der Waals surface area contributed by atoms with Crippen LogP contribution in [0.15, 0.2) is 24.4 Å². The third-order valence-corrected chi connectivity index (χ3v) is 4.59. The van der Waals surface area contributed by atoms with Gasteiger partial charge in [0.2, 0.25) is 5.91 Å². The summed E-state index contributed by atoms with van der Waals surface area (Å²) < 4.78 is 28.5. The molecule has 0 atom stereocenters. The number of carbonyl (C=O) groups is 1. The molecule has 0 bridgehead atoms. The summed E-state index contributed by atoms with van der Waals surface area (Å²) in [6.07, 6.45) is 4.48. The third-order valence-electron chi connectivity index (χ3n) is 4.59. The van der Waals surface area contributed by atoms with E-state index >= 15 is 0 Å². The van der Waals surface area contributed by atoms with Crippen LogP contribution in [-0.2, 0) is 24.3 Å². The summed E-state index contributed by atoms with van der Waals surface area (Å²) in [4.78, 5) is 14.1. The minimum absolute atomic E-state index is 0.222. The Kier molecular flexibility index (Phi) is 3.39. The highest BCUT2D eigenvalue weighted by molar-refractivity contribution is 5.81. The second-order valence-electron chi connectivity index (χ2n) is 6.29. The van der Waals surface area contributed by atoms with Gasteiger partial charge in [0.05, 0.1) is 12.7 Å². The van der Waals surface area contributed by atoms with E-state index in [-0.39, 0.29) is 18.4 Å². The molecular formula is C17H17F2N3O. The summed E-state index contributed by atoms with van der Waals surface area (Å²) in [7, 11) is 0. The topological polar surface area (TPSA) is 38.1 Å². The van der Waals surface area contributed by atoms with Crippen LogP contribution in [0.2, 0.25) is 0 Å². The van der Waals surface area contributed by atoms with E-state index in [1.54, 1.807) is 10.9 Å². The third kappa shape index (κ3) is 2.73. The molecule has 1 fully saturated rings. The van der Waals surface area contributed by atoms with Crippen LogP contribution < -0.4 is 0 Å². The predicted molar refractivity (Wildman–Crippen MR) is 79.5 cm³/mol. The molecule has 0 N–H and O–H groups in total. The molecule has 1 saturated carbocycles. The van der Waals surface area contributed by atoms with Crippen molar-refractivity contribution in [3.63, 3.8) is 0 Å². The Balaban J connectivity index is 1.53. The van der Waals surface area contributed by atoms with Crippen LogP contribution in [0.5, 0.6) is 0 Å². The Morgan fingerprint density at radius 3 is 2.87 bits per heavy atom. The van der Waals surface area contributed by atoms with Gasteiger partial charge in [0.15, 0.2) is 0 Å². The lowest BCUT2D eigenvalue weighted by Crippen LogP contribution is -2.37. The maximum atomic E-state index is 13.8. The number of hydrogen-bond acceptors (Lipinski definition) is 2. The van der Waals surface area contributed by atoms with E-state index in [1.165, 1.54) is 12.1 Å². The van der Waals surface area contributed by atoms with Gasteiger partial charge < -0.3 is 4.90 Å². The summed E-state index contributed by atoms with van der Waals surface area (Å²) in [6, 6.07) is 3.59. The van der Waals surface area contributed by atoms with Crippen LogP contribution in [0.4, 0.5) is 8.78 Å². The zero-order valence-electron chi connectivity index (χ0n) is 12.6. The number of benzene rings is 1. The van der Waals surface area contributed by atoms with Crippen molar-refractivity contribution >= 4 is 5.91 Å². The molecule has 1 aromatic carbocycles. The van der Waals surface area contributed by atoms with Crippen molar-refractivity contribution in [1.29, 1.82) is 0 Å². The first-order valence-electron chi connectivity index (χ1n) is 7.88. The van der Waals surface area contributed by atoms with Crippen LogP contribution in [0.25, 0.3) is 0 Å². The van der Waals surface area contributed by atoms with Crippen molar-refractivity contribution in [2.24, 2.45) is 5.92 Å². The molecule has 1 amide bonds. The lowest BCUT2D eigenvalue weighted by Gasteiger charge is -2.27. The average molecular weight is 317 g/mol. The predicted octanol–water partition coefficient (Wildman–Crippen LogP) is 2.50. The molecule has 0 unspecified atom stereocenters. The van der Waals surface area contributed by atoms with E-state index in [0.29, 0.717) is 18.7 Å². The number of rotatable bonds is 3. The van der Waals surface area contributed by atoms with Gasteiger partial charge in [0.1, 0.15) is 11.6 Å². The molecule has 1 aliphatic heterocycles. The molecule has 120 valence electrons. The van der Waals surface area contributed by atoms with Crippen molar-refractivity contribution in [2.75, 3.05) is 6.54 Å². The highest BCUT2D eigenvalue weighted by atomic mass is 19.1. The minimum atomic E-state index is -0.581. The Labute approximate surface area is 132 Å². The van der Waals surface area contributed by atoms with E-state index in [2.05, 4.69) is 5.10 Å². The van der Waals surface area contributed by atoms with Crippen molar-refractivity contribution in [3.05, 3.63) is 52.9 Å². The maximum absolute atomic E-state index is 13.8. The molecule has 0 saturated heterocycles. The molecule has 0 spiro atoms. The van der Waals surface area contributed by atoms with E-state index in [9.17, 15) is 13.6 Å². The standard InChI is InChI=1S/C17H17F2N3O/c18-14-4-3-12(15(19)7-14)10-22-16-5-6-21(9-13(16)8-20-22)17(23)11-1-2-11/h3-4,7-8,11H,1-2,5-6,9-10H2. The molecule has 0 radical (unpaired) electrons. The number of hydrogen-bond donors (Lipinski definition) is 0. The zero-order chi connectivity index (χ0) is 16.0. The number of nitrogens with zero attached hydrogens (tertiary/aromatic N) is 3. The second kappa shape index (κ2) is 5.44. The normalized spacial score (nSPS) is 17.2.